The summed E-state index contributed by atoms with van der Waals surface area (Å²) in [5.41, 5.74) is 2.12. The monoisotopic (exact) mass is 236 g/mol. The summed E-state index contributed by atoms with van der Waals surface area (Å²) in [7, 11) is 0. The van der Waals surface area contributed by atoms with Crippen molar-refractivity contribution < 1.29 is 0 Å². The molecule has 0 radical (unpaired) electrons. The van der Waals surface area contributed by atoms with E-state index in [1.54, 1.807) is 5.57 Å². The van der Waals surface area contributed by atoms with E-state index < -0.39 is 0 Å². The normalized spacial score (nSPS) is 31.3. The second-order valence-corrected chi connectivity index (χ2v) is 6.08. The average Bonchev–Trinajstić information content (AvgIpc) is 2.30. The molecule has 2 aliphatic heterocycles. The molecular formula is C15H28N2. The lowest BCUT2D eigenvalue weighted by molar-refractivity contribution is 0.110. The van der Waals surface area contributed by atoms with Gasteiger partial charge in [0.15, 0.2) is 0 Å². The van der Waals surface area contributed by atoms with E-state index in [4.69, 9.17) is 0 Å². The molecular weight excluding hydrogens is 208 g/mol. The van der Waals surface area contributed by atoms with Gasteiger partial charge in [0.1, 0.15) is 0 Å². The zero-order chi connectivity index (χ0) is 12.1. The van der Waals surface area contributed by atoms with E-state index in [1.807, 2.05) is 0 Å². The SMILES string of the molecule is CCCC1(CN2CCC=C(C)C2)CCCNC1. The van der Waals surface area contributed by atoms with Crippen LogP contribution in [-0.4, -0.2) is 37.6 Å². The van der Waals surface area contributed by atoms with Crippen LogP contribution in [0.15, 0.2) is 11.6 Å². The van der Waals surface area contributed by atoms with Crippen LogP contribution in [0.3, 0.4) is 0 Å². The van der Waals surface area contributed by atoms with Crippen molar-refractivity contribution in [1.82, 2.24) is 10.2 Å². The molecule has 0 aromatic rings. The molecule has 0 bridgehead atoms. The van der Waals surface area contributed by atoms with Crippen LogP contribution in [0.25, 0.3) is 0 Å². The Bertz CT molecular complexity index is 259. The van der Waals surface area contributed by atoms with Crippen LogP contribution in [0, 0.1) is 5.41 Å². The minimum atomic E-state index is 0.560. The highest BCUT2D eigenvalue weighted by molar-refractivity contribution is 5.05. The molecule has 1 N–H and O–H groups in total. The molecule has 2 aliphatic rings. The molecule has 98 valence electrons. The average molecular weight is 236 g/mol. The predicted molar refractivity (Wildman–Crippen MR) is 74.3 cm³/mol. The highest BCUT2D eigenvalue weighted by Crippen LogP contribution is 2.33. The van der Waals surface area contributed by atoms with E-state index in [0.717, 1.165) is 0 Å². The molecule has 17 heavy (non-hydrogen) atoms. The first-order valence-corrected chi connectivity index (χ1v) is 7.33. The smallest absolute Gasteiger partial charge is 0.0190 e. The van der Waals surface area contributed by atoms with Crippen molar-refractivity contribution in [2.75, 3.05) is 32.7 Å². The summed E-state index contributed by atoms with van der Waals surface area (Å²) >= 11 is 0. The summed E-state index contributed by atoms with van der Waals surface area (Å²) in [4.78, 5) is 2.68. The maximum Gasteiger partial charge on any atom is 0.0190 e. The minimum absolute atomic E-state index is 0.560. The van der Waals surface area contributed by atoms with Gasteiger partial charge in [-0.1, -0.05) is 25.0 Å². The van der Waals surface area contributed by atoms with Crippen LogP contribution in [-0.2, 0) is 0 Å². The van der Waals surface area contributed by atoms with Crippen LogP contribution in [0.5, 0.6) is 0 Å². The van der Waals surface area contributed by atoms with Gasteiger partial charge in [0.25, 0.3) is 0 Å². The summed E-state index contributed by atoms with van der Waals surface area (Å²) in [6.07, 6.45) is 9.16. The first-order valence-electron chi connectivity index (χ1n) is 7.33. The molecule has 0 amide bonds. The lowest BCUT2D eigenvalue weighted by Gasteiger charge is -2.42. The zero-order valence-electron chi connectivity index (χ0n) is 11.6. The van der Waals surface area contributed by atoms with E-state index in [-0.39, 0.29) is 0 Å². The van der Waals surface area contributed by atoms with E-state index in [0.29, 0.717) is 5.41 Å². The van der Waals surface area contributed by atoms with E-state index >= 15 is 0 Å². The molecule has 0 saturated carbocycles. The van der Waals surface area contributed by atoms with Gasteiger partial charge in [-0.15, -0.1) is 0 Å². The van der Waals surface area contributed by atoms with Gasteiger partial charge in [0, 0.05) is 26.2 Å². The third-order valence-electron chi connectivity index (χ3n) is 4.31. The van der Waals surface area contributed by atoms with E-state index in [9.17, 15) is 0 Å². The number of nitrogens with one attached hydrogen (secondary N) is 1. The fourth-order valence-corrected chi connectivity index (χ4v) is 3.59. The first-order chi connectivity index (χ1) is 8.24. The van der Waals surface area contributed by atoms with Crippen LogP contribution >= 0.6 is 0 Å². The van der Waals surface area contributed by atoms with Gasteiger partial charge in [0.2, 0.25) is 0 Å². The van der Waals surface area contributed by atoms with Gasteiger partial charge in [0.05, 0.1) is 0 Å². The Labute approximate surface area is 106 Å². The Morgan fingerprint density at radius 1 is 1.47 bits per heavy atom. The molecule has 1 saturated heterocycles. The van der Waals surface area contributed by atoms with Crippen LogP contribution < -0.4 is 5.32 Å². The third kappa shape index (κ3) is 3.56. The molecule has 2 heterocycles. The maximum absolute atomic E-state index is 3.62. The van der Waals surface area contributed by atoms with E-state index in [1.165, 1.54) is 64.8 Å². The van der Waals surface area contributed by atoms with Gasteiger partial charge >= 0.3 is 0 Å². The lowest BCUT2D eigenvalue weighted by atomic mass is 9.76. The Hall–Kier alpha value is -0.340. The van der Waals surface area contributed by atoms with Crippen molar-refractivity contribution >= 4 is 0 Å². The maximum atomic E-state index is 3.62. The van der Waals surface area contributed by atoms with Crippen molar-refractivity contribution in [3.05, 3.63) is 11.6 Å². The van der Waals surface area contributed by atoms with Crippen LogP contribution in [0.4, 0.5) is 0 Å². The number of piperidine rings is 1. The van der Waals surface area contributed by atoms with Gasteiger partial charge in [-0.05, 0) is 44.6 Å². The van der Waals surface area contributed by atoms with Crippen molar-refractivity contribution in [2.24, 2.45) is 5.41 Å². The Kier molecular flexibility index (Phi) is 4.63. The molecule has 2 rings (SSSR count). The largest absolute Gasteiger partial charge is 0.316 e. The van der Waals surface area contributed by atoms with Crippen molar-refractivity contribution in [3.63, 3.8) is 0 Å². The van der Waals surface area contributed by atoms with Gasteiger partial charge in [-0.2, -0.15) is 0 Å². The predicted octanol–water partition coefficient (Wildman–Crippen LogP) is 2.81. The second-order valence-electron chi connectivity index (χ2n) is 6.08. The zero-order valence-corrected chi connectivity index (χ0v) is 11.6. The Morgan fingerprint density at radius 3 is 3.00 bits per heavy atom. The molecule has 1 fully saturated rings. The van der Waals surface area contributed by atoms with Crippen molar-refractivity contribution in [2.45, 2.75) is 46.0 Å². The number of rotatable bonds is 4. The third-order valence-corrected chi connectivity index (χ3v) is 4.31. The molecule has 2 heteroatoms. The van der Waals surface area contributed by atoms with Gasteiger partial charge in [-0.25, -0.2) is 0 Å². The fraction of sp³-hybridized carbons (Fsp3) is 0.867. The number of hydrogen-bond acceptors (Lipinski definition) is 2. The second kappa shape index (κ2) is 6.01. The molecule has 0 aliphatic carbocycles. The highest BCUT2D eigenvalue weighted by atomic mass is 15.1. The first kappa shape index (κ1) is 13.1. The number of nitrogens with zero attached hydrogens (tertiary/aromatic N) is 1. The minimum Gasteiger partial charge on any atom is -0.316 e. The molecule has 0 aromatic heterocycles. The van der Waals surface area contributed by atoms with Crippen LogP contribution in [0.1, 0.15) is 46.0 Å². The summed E-state index contributed by atoms with van der Waals surface area (Å²) in [5, 5.41) is 3.62. The molecule has 0 aromatic carbocycles. The summed E-state index contributed by atoms with van der Waals surface area (Å²) in [6.45, 7) is 10.8. The summed E-state index contributed by atoms with van der Waals surface area (Å²) in [5.74, 6) is 0. The molecule has 1 atom stereocenters. The van der Waals surface area contributed by atoms with Crippen molar-refractivity contribution in [1.29, 1.82) is 0 Å². The molecule has 0 spiro atoms. The summed E-state index contributed by atoms with van der Waals surface area (Å²) in [6, 6.07) is 0. The fourth-order valence-electron chi connectivity index (χ4n) is 3.59. The Balaban J connectivity index is 1.94. The Morgan fingerprint density at radius 2 is 2.35 bits per heavy atom. The van der Waals surface area contributed by atoms with Crippen LogP contribution in [0.2, 0.25) is 0 Å². The van der Waals surface area contributed by atoms with Gasteiger partial charge < -0.3 is 5.32 Å². The quantitative estimate of drug-likeness (QED) is 0.755. The van der Waals surface area contributed by atoms with Gasteiger partial charge in [-0.3, -0.25) is 4.90 Å². The standard InChI is InChI=1S/C15H28N2/c1-3-7-15(8-5-9-16-12-15)13-17-10-4-6-14(2)11-17/h6,16H,3-5,7-13H2,1-2H3. The summed E-state index contributed by atoms with van der Waals surface area (Å²) < 4.78 is 0. The topological polar surface area (TPSA) is 15.3 Å². The lowest BCUT2D eigenvalue weighted by Crippen LogP contribution is -2.48. The van der Waals surface area contributed by atoms with E-state index in [2.05, 4.69) is 30.1 Å². The van der Waals surface area contributed by atoms with Crippen molar-refractivity contribution in [3.8, 4) is 0 Å². The number of hydrogen-bond donors (Lipinski definition) is 1. The highest BCUT2D eigenvalue weighted by Gasteiger charge is 2.33. The molecule has 2 nitrogen and oxygen atoms in total. The molecule has 1 unspecified atom stereocenters.